The molecule has 3 aliphatic heterocycles. The molecular weight excluding hydrogens is 470 g/mol. The lowest BCUT2D eigenvalue weighted by Crippen LogP contribution is -2.52. The second-order valence-corrected chi connectivity index (χ2v) is 9.70. The van der Waals surface area contributed by atoms with E-state index in [2.05, 4.69) is 34.1 Å². The minimum atomic E-state index is -1.87. The van der Waals surface area contributed by atoms with Crippen LogP contribution in [0.25, 0.3) is 11.3 Å². The smallest absolute Gasteiger partial charge is 0.375 e. The monoisotopic (exact) mass is 497 g/mol. The molecule has 1 N–H and O–H groups in total. The zero-order valence-corrected chi connectivity index (χ0v) is 20.3. The van der Waals surface area contributed by atoms with Gasteiger partial charge in [0.25, 0.3) is 5.91 Å². The van der Waals surface area contributed by atoms with Gasteiger partial charge in [-0.3, -0.25) is 14.6 Å². The molecule has 0 unspecified atom stereocenters. The number of ether oxygens (including phenoxy) is 2. The predicted molar refractivity (Wildman–Crippen MR) is 135 cm³/mol. The molecule has 8 heteroatoms. The molecule has 0 saturated carbocycles. The van der Waals surface area contributed by atoms with Crippen LogP contribution in [0.5, 0.6) is 0 Å². The molecule has 4 heterocycles. The SMILES string of the molecule is O=C1C=CC(=O)OC2(O1)c1ccccc1C(=O)N2CC1CCN(Cc2ccc(-c3ccccc3)[nH]2)CC1. The zero-order valence-electron chi connectivity index (χ0n) is 20.3. The number of H-pyrrole nitrogens is 1. The second-order valence-electron chi connectivity index (χ2n) is 9.70. The Hall–Kier alpha value is -4.17. The average Bonchev–Trinajstić information content (AvgIpc) is 3.42. The number of carbonyl (C=O) groups excluding carboxylic acids is 3. The van der Waals surface area contributed by atoms with Crippen LogP contribution in [0.2, 0.25) is 0 Å². The number of nitrogens with one attached hydrogen (secondary N) is 1. The van der Waals surface area contributed by atoms with Gasteiger partial charge in [0.1, 0.15) is 0 Å². The quantitative estimate of drug-likeness (QED) is 0.539. The van der Waals surface area contributed by atoms with Gasteiger partial charge in [0, 0.05) is 36.6 Å². The Balaban J connectivity index is 1.14. The van der Waals surface area contributed by atoms with Crippen LogP contribution in [-0.2, 0) is 31.5 Å². The lowest BCUT2D eigenvalue weighted by molar-refractivity contribution is -0.275. The first-order chi connectivity index (χ1) is 18.0. The third kappa shape index (κ3) is 4.34. The Kier molecular flexibility index (Phi) is 5.88. The lowest BCUT2D eigenvalue weighted by atomic mass is 9.96. The second kappa shape index (κ2) is 9.37. The molecular formula is C29H27N3O5. The highest BCUT2D eigenvalue weighted by Gasteiger charge is 2.57. The van der Waals surface area contributed by atoms with Gasteiger partial charge in [-0.2, -0.15) is 0 Å². The van der Waals surface area contributed by atoms with E-state index < -0.39 is 17.8 Å². The number of aromatic nitrogens is 1. The molecule has 1 saturated heterocycles. The van der Waals surface area contributed by atoms with E-state index in [4.69, 9.17) is 9.47 Å². The molecule has 1 aromatic heterocycles. The standard InChI is InChI=1S/C29H27N3O5/c33-26-12-13-27(34)37-29(36-26)24-9-5-4-8-23(24)28(35)32(29)18-20-14-16-31(17-15-20)19-22-10-11-25(30-22)21-6-2-1-3-7-21/h1-13,20,30H,14-19H2. The number of benzene rings is 2. The van der Waals surface area contributed by atoms with Crippen LogP contribution >= 0.6 is 0 Å². The van der Waals surface area contributed by atoms with Crippen molar-refractivity contribution in [2.24, 2.45) is 5.92 Å². The van der Waals surface area contributed by atoms with Gasteiger partial charge < -0.3 is 14.5 Å². The van der Waals surface area contributed by atoms with E-state index in [0.717, 1.165) is 61.6 Å². The molecule has 0 radical (unpaired) electrons. The lowest BCUT2D eigenvalue weighted by Gasteiger charge is -2.39. The number of piperidine rings is 1. The van der Waals surface area contributed by atoms with Gasteiger partial charge in [0.05, 0.1) is 11.1 Å². The number of hydrogen-bond donors (Lipinski definition) is 1. The number of amides is 1. The molecule has 1 spiro atoms. The number of nitrogens with zero attached hydrogens (tertiary/aromatic N) is 2. The van der Waals surface area contributed by atoms with Crippen molar-refractivity contribution in [2.45, 2.75) is 25.3 Å². The minimum Gasteiger partial charge on any atom is -0.396 e. The van der Waals surface area contributed by atoms with Crippen LogP contribution in [0.3, 0.4) is 0 Å². The molecule has 188 valence electrons. The van der Waals surface area contributed by atoms with Crippen LogP contribution in [0.1, 0.15) is 34.5 Å². The molecule has 6 rings (SSSR count). The normalized spacial score (nSPS) is 19.6. The first kappa shape index (κ1) is 23.2. The number of hydrogen-bond acceptors (Lipinski definition) is 6. The Morgan fingerprint density at radius 3 is 2.24 bits per heavy atom. The van der Waals surface area contributed by atoms with Crippen molar-refractivity contribution in [3.63, 3.8) is 0 Å². The first-order valence-corrected chi connectivity index (χ1v) is 12.5. The van der Waals surface area contributed by atoms with Crippen LogP contribution in [0.4, 0.5) is 0 Å². The van der Waals surface area contributed by atoms with Crippen molar-refractivity contribution in [3.8, 4) is 11.3 Å². The highest BCUT2D eigenvalue weighted by atomic mass is 16.8. The molecule has 2 aromatic carbocycles. The van der Waals surface area contributed by atoms with E-state index in [9.17, 15) is 14.4 Å². The number of carbonyl (C=O) groups is 3. The Bertz CT molecular complexity index is 1350. The van der Waals surface area contributed by atoms with E-state index in [-0.39, 0.29) is 11.8 Å². The van der Waals surface area contributed by atoms with E-state index in [0.29, 0.717) is 17.7 Å². The molecule has 3 aromatic rings. The summed E-state index contributed by atoms with van der Waals surface area (Å²) in [4.78, 5) is 45.5. The zero-order chi connectivity index (χ0) is 25.4. The van der Waals surface area contributed by atoms with Gasteiger partial charge in [0.2, 0.25) is 0 Å². The molecule has 8 nitrogen and oxygen atoms in total. The van der Waals surface area contributed by atoms with E-state index in [1.807, 2.05) is 18.2 Å². The third-order valence-electron chi connectivity index (χ3n) is 7.30. The van der Waals surface area contributed by atoms with Crippen LogP contribution in [-0.4, -0.2) is 52.3 Å². The first-order valence-electron chi connectivity index (χ1n) is 12.5. The predicted octanol–water partition coefficient (Wildman–Crippen LogP) is 3.82. The largest absolute Gasteiger partial charge is 0.396 e. The Morgan fingerprint density at radius 2 is 1.51 bits per heavy atom. The van der Waals surface area contributed by atoms with Crippen LogP contribution in [0, 0.1) is 5.92 Å². The number of esters is 2. The summed E-state index contributed by atoms with van der Waals surface area (Å²) in [7, 11) is 0. The molecule has 1 fully saturated rings. The highest BCUT2D eigenvalue weighted by molar-refractivity contribution is 6.01. The fourth-order valence-corrected chi connectivity index (χ4v) is 5.44. The van der Waals surface area contributed by atoms with Crippen molar-refractivity contribution >= 4 is 17.8 Å². The van der Waals surface area contributed by atoms with E-state index in [1.54, 1.807) is 24.3 Å². The molecule has 37 heavy (non-hydrogen) atoms. The molecule has 0 bridgehead atoms. The van der Waals surface area contributed by atoms with Crippen molar-refractivity contribution < 1.29 is 23.9 Å². The Morgan fingerprint density at radius 1 is 0.838 bits per heavy atom. The molecule has 1 amide bonds. The maximum absolute atomic E-state index is 13.4. The fourth-order valence-electron chi connectivity index (χ4n) is 5.44. The van der Waals surface area contributed by atoms with E-state index in [1.165, 1.54) is 4.90 Å². The Labute approximate surface area is 214 Å². The summed E-state index contributed by atoms with van der Waals surface area (Å²) in [5.41, 5.74) is 4.18. The summed E-state index contributed by atoms with van der Waals surface area (Å²) < 4.78 is 11.3. The van der Waals surface area contributed by atoms with Gasteiger partial charge >= 0.3 is 17.8 Å². The number of rotatable bonds is 5. The fraction of sp³-hybridized carbons (Fsp3) is 0.276. The van der Waals surface area contributed by atoms with Crippen molar-refractivity contribution in [1.29, 1.82) is 0 Å². The van der Waals surface area contributed by atoms with Crippen molar-refractivity contribution in [1.82, 2.24) is 14.8 Å². The summed E-state index contributed by atoms with van der Waals surface area (Å²) >= 11 is 0. The summed E-state index contributed by atoms with van der Waals surface area (Å²) in [5, 5.41) is 0. The number of likely N-dealkylation sites (tertiary alicyclic amines) is 1. The van der Waals surface area contributed by atoms with Crippen molar-refractivity contribution in [3.05, 3.63) is 95.7 Å². The topological polar surface area (TPSA) is 91.9 Å². The minimum absolute atomic E-state index is 0.170. The third-order valence-corrected chi connectivity index (χ3v) is 7.30. The van der Waals surface area contributed by atoms with Crippen LogP contribution < -0.4 is 0 Å². The molecule has 0 atom stereocenters. The summed E-state index contributed by atoms with van der Waals surface area (Å²) in [6.07, 6.45) is 3.79. The van der Waals surface area contributed by atoms with Gasteiger partial charge in [0.15, 0.2) is 0 Å². The van der Waals surface area contributed by atoms with Crippen LogP contribution in [0.15, 0.2) is 78.9 Å². The van der Waals surface area contributed by atoms with Crippen molar-refractivity contribution in [2.75, 3.05) is 19.6 Å². The van der Waals surface area contributed by atoms with E-state index >= 15 is 0 Å². The summed E-state index contributed by atoms with van der Waals surface area (Å²) in [6, 6.07) is 21.3. The number of aromatic amines is 1. The molecule has 3 aliphatic rings. The van der Waals surface area contributed by atoms with Gasteiger partial charge in [-0.15, -0.1) is 0 Å². The summed E-state index contributed by atoms with van der Waals surface area (Å²) in [5.74, 6) is -3.46. The van der Waals surface area contributed by atoms with Gasteiger partial charge in [-0.05, 0) is 61.7 Å². The molecule has 0 aliphatic carbocycles. The maximum Gasteiger partial charge on any atom is 0.375 e. The number of fused-ring (bicyclic) bond motifs is 2. The average molecular weight is 498 g/mol. The highest BCUT2D eigenvalue weighted by Crippen LogP contribution is 2.43. The van der Waals surface area contributed by atoms with Gasteiger partial charge in [-0.1, -0.05) is 42.5 Å². The summed E-state index contributed by atoms with van der Waals surface area (Å²) in [6.45, 7) is 2.88. The van der Waals surface area contributed by atoms with Gasteiger partial charge in [-0.25, -0.2) is 9.59 Å². The maximum atomic E-state index is 13.4.